The van der Waals surface area contributed by atoms with E-state index in [1.807, 2.05) is 11.3 Å². The van der Waals surface area contributed by atoms with Crippen LogP contribution in [0.1, 0.15) is 49.7 Å². The molecule has 0 amide bonds. The number of thiazole rings is 1. The molecule has 2 atom stereocenters. The van der Waals surface area contributed by atoms with Gasteiger partial charge in [0, 0.05) is 24.0 Å². The van der Waals surface area contributed by atoms with Crippen molar-refractivity contribution in [3.8, 4) is 0 Å². The summed E-state index contributed by atoms with van der Waals surface area (Å²) in [7, 11) is 0. The smallest absolute Gasteiger partial charge is 0.186 e. The van der Waals surface area contributed by atoms with Gasteiger partial charge in [-0.25, -0.2) is 4.98 Å². The summed E-state index contributed by atoms with van der Waals surface area (Å²) in [5.41, 5.74) is 1.33. The molecule has 0 spiro atoms. The highest BCUT2D eigenvalue weighted by Gasteiger charge is 2.27. The highest BCUT2D eigenvalue weighted by molar-refractivity contribution is 7.15. The number of hydrogen-bond acceptors (Lipinski definition) is 5. The fourth-order valence-corrected chi connectivity index (χ4v) is 4.38. The summed E-state index contributed by atoms with van der Waals surface area (Å²) in [5.74, 6) is 0. The molecular formula is C15H25N3OS. The van der Waals surface area contributed by atoms with Gasteiger partial charge >= 0.3 is 0 Å². The Hall–Kier alpha value is -0.650. The molecule has 1 N–H and O–H groups in total. The van der Waals surface area contributed by atoms with Crippen molar-refractivity contribution in [2.75, 3.05) is 31.1 Å². The normalized spacial score (nSPS) is 26.6. The van der Waals surface area contributed by atoms with Crippen LogP contribution in [-0.2, 0) is 11.2 Å². The van der Waals surface area contributed by atoms with Gasteiger partial charge in [-0.3, -0.25) is 0 Å². The number of ether oxygens (including phenoxy) is 1. The Balaban J connectivity index is 1.78. The first-order valence-electron chi connectivity index (χ1n) is 7.91. The molecule has 20 heavy (non-hydrogen) atoms. The third-order valence-electron chi connectivity index (χ3n) is 4.25. The first-order chi connectivity index (χ1) is 9.81. The Morgan fingerprint density at radius 2 is 2.35 bits per heavy atom. The van der Waals surface area contributed by atoms with Crippen molar-refractivity contribution in [3.63, 3.8) is 0 Å². The molecule has 2 unspecified atom stereocenters. The molecule has 1 saturated heterocycles. The van der Waals surface area contributed by atoms with Crippen molar-refractivity contribution in [2.45, 2.75) is 51.7 Å². The lowest BCUT2D eigenvalue weighted by Gasteiger charge is -2.32. The van der Waals surface area contributed by atoms with Gasteiger partial charge in [0.1, 0.15) is 0 Å². The Labute approximate surface area is 125 Å². The molecule has 0 bridgehead atoms. The first kappa shape index (κ1) is 14.3. The van der Waals surface area contributed by atoms with E-state index >= 15 is 0 Å². The molecule has 4 nitrogen and oxygen atoms in total. The fraction of sp³-hybridized carbons (Fsp3) is 0.800. The van der Waals surface area contributed by atoms with Gasteiger partial charge in [0.2, 0.25) is 0 Å². The van der Waals surface area contributed by atoms with Crippen molar-refractivity contribution in [1.29, 1.82) is 0 Å². The average Bonchev–Trinajstić information content (AvgIpc) is 2.93. The summed E-state index contributed by atoms with van der Waals surface area (Å²) in [4.78, 5) is 8.82. The Bertz CT molecular complexity index is 448. The van der Waals surface area contributed by atoms with E-state index < -0.39 is 0 Å². The molecular weight excluding hydrogens is 270 g/mol. The summed E-state index contributed by atoms with van der Waals surface area (Å²) in [5, 5.41) is 4.81. The van der Waals surface area contributed by atoms with Crippen molar-refractivity contribution in [3.05, 3.63) is 10.6 Å². The highest BCUT2D eigenvalue weighted by atomic mass is 32.1. The van der Waals surface area contributed by atoms with E-state index in [4.69, 9.17) is 9.72 Å². The minimum atomic E-state index is 0.370. The van der Waals surface area contributed by atoms with Crippen molar-refractivity contribution >= 4 is 16.5 Å². The van der Waals surface area contributed by atoms with Gasteiger partial charge < -0.3 is 15.0 Å². The maximum absolute atomic E-state index is 5.76. The second kappa shape index (κ2) is 6.41. The zero-order valence-corrected chi connectivity index (χ0v) is 13.3. The molecule has 1 aliphatic heterocycles. The van der Waals surface area contributed by atoms with Crippen LogP contribution in [0.25, 0.3) is 0 Å². The molecule has 112 valence electrons. The van der Waals surface area contributed by atoms with Crippen LogP contribution < -0.4 is 10.2 Å². The molecule has 2 aliphatic rings. The van der Waals surface area contributed by atoms with E-state index in [0.29, 0.717) is 12.1 Å². The Morgan fingerprint density at radius 1 is 1.45 bits per heavy atom. The number of rotatable bonds is 4. The van der Waals surface area contributed by atoms with Gasteiger partial charge in [-0.1, -0.05) is 25.2 Å². The first-order valence-corrected chi connectivity index (χ1v) is 8.73. The summed E-state index contributed by atoms with van der Waals surface area (Å²) in [6, 6.07) is 0.526. The van der Waals surface area contributed by atoms with E-state index in [-0.39, 0.29) is 0 Å². The minimum absolute atomic E-state index is 0.370. The van der Waals surface area contributed by atoms with Gasteiger partial charge in [-0.15, -0.1) is 0 Å². The lowest BCUT2D eigenvalue weighted by atomic mass is 9.98. The van der Waals surface area contributed by atoms with Gasteiger partial charge in [-0.05, 0) is 32.2 Å². The third-order valence-corrected chi connectivity index (χ3v) is 5.53. The van der Waals surface area contributed by atoms with Crippen LogP contribution in [-0.4, -0.2) is 37.3 Å². The number of hydrogen-bond donors (Lipinski definition) is 1. The van der Waals surface area contributed by atoms with E-state index in [9.17, 15) is 0 Å². The topological polar surface area (TPSA) is 37.4 Å². The third kappa shape index (κ3) is 2.85. The monoisotopic (exact) mass is 295 g/mol. The molecule has 1 aromatic rings. The molecule has 3 rings (SSSR count). The maximum Gasteiger partial charge on any atom is 0.186 e. The van der Waals surface area contributed by atoms with Gasteiger partial charge in [0.05, 0.1) is 18.4 Å². The van der Waals surface area contributed by atoms with E-state index in [1.165, 1.54) is 28.5 Å². The second-order valence-electron chi connectivity index (χ2n) is 5.66. The van der Waals surface area contributed by atoms with Crippen molar-refractivity contribution < 1.29 is 4.74 Å². The van der Waals surface area contributed by atoms with E-state index in [2.05, 4.69) is 24.1 Å². The number of aromatic nitrogens is 1. The summed E-state index contributed by atoms with van der Waals surface area (Å²) >= 11 is 1.90. The van der Waals surface area contributed by atoms with Crippen LogP contribution in [0.2, 0.25) is 0 Å². The van der Waals surface area contributed by atoms with Crippen LogP contribution in [0.4, 0.5) is 5.13 Å². The molecule has 1 aromatic heterocycles. The zero-order chi connectivity index (χ0) is 13.9. The number of nitrogens with zero attached hydrogens (tertiary/aromatic N) is 2. The summed E-state index contributed by atoms with van der Waals surface area (Å²) < 4.78 is 5.76. The Kier molecular flexibility index (Phi) is 4.58. The zero-order valence-electron chi connectivity index (χ0n) is 12.5. The van der Waals surface area contributed by atoms with Crippen molar-refractivity contribution in [1.82, 2.24) is 10.3 Å². The predicted molar refractivity (Wildman–Crippen MR) is 83.7 cm³/mol. The quantitative estimate of drug-likeness (QED) is 0.927. The van der Waals surface area contributed by atoms with Gasteiger partial charge in [0.15, 0.2) is 5.13 Å². The molecule has 5 heteroatoms. The average molecular weight is 295 g/mol. The van der Waals surface area contributed by atoms with E-state index in [0.717, 1.165) is 39.1 Å². The number of aryl methyl sites for hydroxylation is 1. The summed E-state index contributed by atoms with van der Waals surface area (Å²) in [6.45, 7) is 8.22. The molecule has 1 aliphatic carbocycles. The number of morpholine rings is 1. The second-order valence-corrected chi connectivity index (χ2v) is 6.67. The molecule has 0 saturated carbocycles. The standard InChI is InChI=1S/C15H25N3OS/c1-3-11-10-18(8-9-19-11)15-17-13-7-5-6-12(16-4-2)14(13)20-15/h11-12,16H,3-10H2,1-2H3. The lowest BCUT2D eigenvalue weighted by molar-refractivity contribution is 0.0384. The van der Waals surface area contributed by atoms with Crippen molar-refractivity contribution in [2.24, 2.45) is 0 Å². The number of nitrogens with one attached hydrogen (secondary N) is 1. The van der Waals surface area contributed by atoms with Crippen LogP contribution in [0, 0.1) is 0 Å². The minimum Gasteiger partial charge on any atom is -0.375 e. The lowest BCUT2D eigenvalue weighted by Crippen LogP contribution is -2.42. The van der Waals surface area contributed by atoms with Gasteiger partial charge in [-0.2, -0.15) is 0 Å². The summed E-state index contributed by atoms with van der Waals surface area (Å²) in [6.07, 6.45) is 5.11. The Morgan fingerprint density at radius 3 is 3.15 bits per heavy atom. The number of fused-ring (bicyclic) bond motifs is 1. The van der Waals surface area contributed by atoms with Crippen LogP contribution >= 0.6 is 11.3 Å². The molecule has 0 radical (unpaired) electrons. The molecule has 0 aromatic carbocycles. The largest absolute Gasteiger partial charge is 0.375 e. The number of anilines is 1. The fourth-order valence-electron chi connectivity index (χ4n) is 3.12. The van der Waals surface area contributed by atoms with E-state index in [1.54, 1.807) is 0 Å². The highest BCUT2D eigenvalue weighted by Crippen LogP contribution is 2.38. The van der Waals surface area contributed by atoms with Crippen LogP contribution in [0.3, 0.4) is 0 Å². The SMILES string of the molecule is CCNC1CCCc2nc(N3CCOC(CC)C3)sc21. The van der Waals surface area contributed by atoms with Crippen LogP contribution in [0.15, 0.2) is 0 Å². The van der Waals surface area contributed by atoms with Gasteiger partial charge in [0.25, 0.3) is 0 Å². The molecule has 1 fully saturated rings. The van der Waals surface area contributed by atoms with Crippen LogP contribution in [0.5, 0.6) is 0 Å². The predicted octanol–water partition coefficient (Wildman–Crippen LogP) is 2.75. The maximum atomic E-state index is 5.76. The molecule has 2 heterocycles.